The standard InChI is InChI=1S/C17H20F2N2O/c18-17(19)11-16(21-7-5-20-6-8-21)14-2-1-13-10-15(22)4-3-12(13)9-14/h1-4,9-10,16-17,20,22H,5-8,11H2/t16-/m0/s1. The summed E-state index contributed by atoms with van der Waals surface area (Å²) in [5, 5.41) is 14.6. The number of benzene rings is 2. The van der Waals surface area contributed by atoms with E-state index in [1.807, 2.05) is 24.3 Å². The lowest BCUT2D eigenvalue weighted by Crippen LogP contribution is -2.45. The summed E-state index contributed by atoms with van der Waals surface area (Å²) >= 11 is 0. The predicted octanol–water partition coefficient (Wildman–Crippen LogP) is 3.15. The fourth-order valence-electron chi connectivity index (χ4n) is 3.12. The Balaban J connectivity index is 1.93. The van der Waals surface area contributed by atoms with E-state index in [1.54, 1.807) is 12.1 Å². The lowest BCUT2D eigenvalue weighted by Gasteiger charge is -2.35. The molecule has 22 heavy (non-hydrogen) atoms. The van der Waals surface area contributed by atoms with Gasteiger partial charge in [0.05, 0.1) is 0 Å². The number of phenolic OH excluding ortho intramolecular Hbond substituents is 1. The Labute approximate surface area is 128 Å². The van der Waals surface area contributed by atoms with Gasteiger partial charge in [0.1, 0.15) is 5.75 Å². The molecule has 2 N–H and O–H groups in total. The van der Waals surface area contributed by atoms with Crippen LogP contribution in [0.15, 0.2) is 36.4 Å². The van der Waals surface area contributed by atoms with Crippen LogP contribution in [0.4, 0.5) is 8.78 Å². The first-order chi connectivity index (χ1) is 10.6. The second-order valence-corrected chi connectivity index (χ2v) is 5.72. The maximum atomic E-state index is 13.0. The zero-order valence-corrected chi connectivity index (χ0v) is 12.3. The molecule has 0 saturated carbocycles. The number of fused-ring (bicyclic) bond motifs is 1. The van der Waals surface area contributed by atoms with Gasteiger partial charge in [0.25, 0.3) is 0 Å². The Kier molecular flexibility index (Phi) is 4.55. The lowest BCUT2D eigenvalue weighted by molar-refractivity contribution is 0.0740. The van der Waals surface area contributed by atoms with Crippen LogP contribution in [-0.4, -0.2) is 42.6 Å². The van der Waals surface area contributed by atoms with Crippen LogP contribution in [0.2, 0.25) is 0 Å². The Morgan fingerprint density at radius 3 is 2.45 bits per heavy atom. The smallest absolute Gasteiger partial charge is 0.240 e. The van der Waals surface area contributed by atoms with E-state index in [4.69, 9.17) is 0 Å². The predicted molar refractivity (Wildman–Crippen MR) is 83.4 cm³/mol. The van der Waals surface area contributed by atoms with Crippen LogP contribution in [0, 0.1) is 0 Å². The van der Waals surface area contributed by atoms with Gasteiger partial charge in [0, 0.05) is 38.6 Å². The van der Waals surface area contributed by atoms with Crippen LogP contribution in [0.1, 0.15) is 18.0 Å². The third kappa shape index (κ3) is 3.36. The van der Waals surface area contributed by atoms with E-state index in [9.17, 15) is 13.9 Å². The molecule has 0 aliphatic carbocycles. The number of phenols is 1. The summed E-state index contributed by atoms with van der Waals surface area (Å²) in [7, 11) is 0. The van der Waals surface area contributed by atoms with Crippen molar-refractivity contribution in [3.8, 4) is 5.75 Å². The largest absolute Gasteiger partial charge is 0.508 e. The van der Waals surface area contributed by atoms with Gasteiger partial charge in [0.2, 0.25) is 6.43 Å². The van der Waals surface area contributed by atoms with Crippen LogP contribution >= 0.6 is 0 Å². The van der Waals surface area contributed by atoms with Gasteiger partial charge in [-0.3, -0.25) is 4.90 Å². The minimum Gasteiger partial charge on any atom is -0.508 e. The fraction of sp³-hybridized carbons (Fsp3) is 0.412. The van der Waals surface area contributed by atoms with Crippen LogP contribution < -0.4 is 5.32 Å². The molecule has 1 heterocycles. The van der Waals surface area contributed by atoms with E-state index in [1.165, 1.54) is 0 Å². The van der Waals surface area contributed by atoms with Crippen LogP contribution in [0.3, 0.4) is 0 Å². The first-order valence-electron chi connectivity index (χ1n) is 7.59. The van der Waals surface area contributed by atoms with Crippen LogP contribution in [0.25, 0.3) is 10.8 Å². The Hall–Kier alpha value is -1.72. The third-order valence-electron chi connectivity index (χ3n) is 4.23. The van der Waals surface area contributed by atoms with Crippen molar-refractivity contribution in [2.75, 3.05) is 26.2 Å². The van der Waals surface area contributed by atoms with Gasteiger partial charge in [0.15, 0.2) is 0 Å². The van der Waals surface area contributed by atoms with E-state index < -0.39 is 6.43 Å². The van der Waals surface area contributed by atoms with Gasteiger partial charge in [-0.05, 0) is 34.5 Å². The second kappa shape index (κ2) is 6.58. The second-order valence-electron chi connectivity index (χ2n) is 5.72. The zero-order chi connectivity index (χ0) is 15.5. The first kappa shape index (κ1) is 15.2. The molecule has 2 aromatic rings. The highest BCUT2D eigenvalue weighted by Crippen LogP contribution is 2.30. The topological polar surface area (TPSA) is 35.5 Å². The quantitative estimate of drug-likeness (QED) is 0.911. The van der Waals surface area contributed by atoms with Crippen molar-refractivity contribution in [3.05, 3.63) is 42.0 Å². The number of alkyl halides is 2. The lowest BCUT2D eigenvalue weighted by atomic mass is 9.98. The molecular formula is C17H20F2N2O. The summed E-state index contributed by atoms with van der Waals surface area (Å²) in [5.41, 5.74) is 0.917. The number of hydrogen-bond acceptors (Lipinski definition) is 3. The molecule has 0 amide bonds. The molecule has 0 spiro atoms. The zero-order valence-electron chi connectivity index (χ0n) is 12.3. The van der Waals surface area contributed by atoms with E-state index in [-0.39, 0.29) is 18.2 Å². The highest BCUT2D eigenvalue weighted by molar-refractivity contribution is 5.84. The third-order valence-corrected chi connectivity index (χ3v) is 4.23. The summed E-state index contributed by atoms with van der Waals surface area (Å²) in [6.45, 7) is 3.23. The minimum atomic E-state index is -2.32. The molecule has 5 heteroatoms. The summed E-state index contributed by atoms with van der Waals surface area (Å²) < 4.78 is 26.0. The van der Waals surface area contributed by atoms with Gasteiger partial charge in [-0.25, -0.2) is 8.78 Å². The van der Waals surface area contributed by atoms with Gasteiger partial charge in [-0.2, -0.15) is 0 Å². The minimum absolute atomic E-state index is 0.149. The SMILES string of the molecule is Oc1ccc2cc([C@H](CC(F)F)N3CCNCC3)ccc2c1. The molecule has 0 unspecified atom stereocenters. The van der Waals surface area contributed by atoms with Crippen molar-refractivity contribution in [2.45, 2.75) is 18.9 Å². The molecule has 1 saturated heterocycles. The summed E-state index contributed by atoms with van der Waals surface area (Å²) in [6, 6.07) is 10.6. The van der Waals surface area contributed by atoms with E-state index in [0.717, 1.165) is 42.5 Å². The number of nitrogens with zero attached hydrogens (tertiary/aromatic N) is 1. The maximum absolute atomic E-state index is 13.0. The molecule has 2 aromatic carbocycles. The van der Waals surface area contributed by atoms with E-state index in [0.29, 0.717) is 0 Å². The van der Waals surface area contributed by atoms with Crippen LogP contribution in [0.5, 0.6) is 5.75 Å². The van der Waals surface area contributed by atoms with Crippen molar-refractivity contribution in [1.82, 2.24) is 10.2 Å². The molecule has 3 rings (SSSR count). The first-order valence-corrected chi connectivity index (χ1v) is 7.59. The fourth-order valence-corrected chi connectivity index (χ4v) is 3.12. The molecule has 118 valence electrons. The molecule has 1 aliphatic rings. The number of aromatic hydroxyl groups is 1. The molecule has 1 aliphatic heterocycles. The molecule has 3 nitrogen and oxygen atoms in total. The van der Waals surface area contributed by atoms with Crippen molar-refractivity contribution in [1.29, 1.82) is 0 Å². The van der Waals surface area contributed by atoms with Crippen LogP contribution in [-0.2, 0) is 0 Å². The van der Waals surface area contributed by atoms with Crippen molar-refractivity contribution in [3.63, 3.8) is 0 Å². The van der Waals surface area contributed by atoms with Gasteiger partial charge in [-0.1, -0.05) is 18.2 Å². The van der Waals surface area contributed by atoms with Crippen molar-refractivity contribution < 1.29 is 13.9 Å². The summed E-state index contributed by atoms with van der Waals surface area (Å²) in [6.07, 6.45) is -2.47. The molecule has 0 bridgehead atoms. The van der Waals surface area contributed by atoms with Gasteiger partial charge in [-0.15, -0.1) is 0 Å². The van der Waals surface area contributed by atoms with Crippen molar-refractivity contribution >= 4 is 10.8 Å². The molecule has 0 aromatic heterocycles. The monoisotopic (exact) mass is 306 g/mol. The number of hydrogen-bond donors (Lipinski definition) is 2. The van der Waals surface area contributed by atoms with Gasteiger partial charge < -0.3 is 10.4 Å². The normalized spacial score (nSPS) is 18.0. The molecule has 0 radical (unpaired) electrons. The number of halogens is 2. The molecule has 1 atom stereocenters. The van der Waals surface area contributed by atoms with Crippen molar-refractivity contribution in [2.24, 2.45) is 0 Å². The molecule has 1 fully saturated rings. The number of piperazine rings is 1. The highest BCUT2D eigenvalue weighted by atomic mass is 19.3. The van der Waals surface area contributed by atoms with Gasteiger partial charge >= 0.3 is 0 Å². The molecular weight excluding hydrogens is 286 g/mol. The number of rotatable bonds is 4. The average Bonchev–Trinajstić information content (AvgIpc) is 2.53. The Bertz CT molecular complexity index is 642. The number of nitrogens with one attached hydrogen (secondary N) is 1. The average molecular weight is 306 g/mol. The Morgan fingerprint density at radius 1 is 1.05 bits per heavy atom. The van der Waals surface area contributed by atoms with E-state index >= 15 is 0 Å². The summed E-state index contributed by atoms with van der Waals surface area (Å²) in [5.74, 6) is 0.214. The maximum Gasteiger partial charge on any atom is 0.240 e. The Morgan fingerprint density at radius 2 is 1.73 bits per heavy atom. The highest BCUT2D eigenvalue weighted by Gasteiger charge is 2.25. The summed E-state index contributed by atoms with van der Waals surface area (Å²) in [4.78, 5) is 2.13. The van der Waals surface area contributed by atoms with E-state index in [2.05, 4.69) is 10.2 Å².